The van der Waals surface area contributed by atoms with Gasteiger partial charge in [0.1, 0.15) is 12.6 Å². The second kappa shape index (κ2) is 15.6. The molecule has 0 bridgehead atoms. The van der Waals surface area contributed by atoms with Gasteiger partial charge in [0.2, 0.25) is 11.8 Å². The van der Waals surface area contributed by atoms with Gasteiger partial charge in [0.05, 0.1) is 10.6 Å². The Morgan fingerprint density at radius 3 is 2.07 bits per heavy atom. The highest BCUT2D eigenvalue weighted by Crippen LogP contribution is 2.30. The molecule has 4 aromatic rings. The first-order valence-electron chi connectivity index (χ1n) is 15.1. The average molecular weight is 681 g/mol. The molecule has 1 N–H and O–H groups in total. The summed E-state index contributed by atoms with van der Waals surface area (Å²) < 4.78 is 29.4. The van der Waals surface area contributed by atoms with Crippen LogP contribution < -0.4 is 9.62 Å². The number of hydrogen-bond donors (Lipinski definition) is 1. The minimum Gasteiger partial charge on any atom is -0.352 e. The van der Waals surface area contributed by atoms with E-state index >= 15 is 0 Å². The van der Waals surface area contributed by atoms with Gasteiger partial charge in [-0.1, -0.05) is 102 Å². The van der Waals surface area contributed by atoms with Crippen LogP contribution in [0.2, 0.25) is 10.0 Å². The summed E-state index contributed by atoms with van der Waals surface area (Å²) >= 11 is 12.7. The maximum absolute atomic E-state index is 14.6. The van der Waals surface area contributed by atoms with Gasteiger partial charge in [-0.15, -0.1) is 0 Å². The highest BCUT2D eigenvalue weighted by atomic mass is 35.5. The number of anilines is 1. The lowest BCUT2D eigenvalue weighted by molar-refractivity contribution is -0.140. The van der Waals surface area contributed by atoms with Crippen molar-refractivity contribution in [1.29, 1.82) is 0 Å². The molecule has 46 heavy (non-hydrogen) atoms. The fourth-order valence-electron chi connectivity index (χ4n) is 5.02. The molecule has 4 rings (SSSR count). The van der Waals surface area contributed by atoms with Gasteiger partial charge < -0.3 is 10.2 Å². The van der Waals surface area contributed by atoms with E-state index in [1.54, 1.807) is 12.1 Å². The molecule has 0 aliphatic heterocycles. The van der Waals surface area contributed by atoms with E-state index in [0.717, 1.165) is 26.6 Å². The summed E-state index contributed by atoms with van der Waals surface area (Å²) in [6.45, 7) is 7.16. The first kappa shape index (κ1) is 35.0. The molecule has 2 amide bonds. The number of rotatable bonds is 13. The Hall–Kier alpha value is -3.85. The third kappa shape index (κ3) is 8.90. The van der Waals surface area contributed by atoms with Crippen LogP contribution >= 0.6 is 23.2 Å². The van der Waals surface area contributed by atoms with E-state index < -0.39 is 28.5 Å². The van der Waals surface area contributed by atoms with Crippen LogP contribution in [-0.2, 0) is 32.6 Å². The maximum Gasteiger partial charge on any atom is 0.264 e. The van der Waals surface area contributed by atoms with Gasteiger partial charge in [-0.25, -0.2) is 8.42 Å². The Morgan fingerprint density at radius 2 is 1.46 bits per heavy atom. The van der Waals surface area contributed by atoms with E-state index in [1.165, 1.54) is 35.2 Å². The fourth-order valence-corrected chi connectivity index (χ4v) is 6.93. The second-order valence-electron chi connectivity index (χ2n) is 11.4. The van der Waals surface area contributed by atoms with Gasteiger partial charge in [0.15, 0.2) is 0 Å². The summed E-state index contributed by atoms with van der Waals surface area (Å²) in [5, 5.41) is 3.47. The van der Waals surface area contributed by atoms with Crippen molar-refractivity contribution in [1.82, 2.24) is 10.2 Å². The zero-order valence-corrected chi connectivity index (χ0v) is 28.7. The monoisotopic (exact) mass is 679 g/mol. The lowest BCUT2D eigenvalue weighted by atomic mass is 10.0. The topological polar surface area (TPSA) is 86.8 Å². The predicted octanol–water partition coefficient (Wildman–Crippen LogP) is 7.36. The van der Waals surface area contributed by atoms with Crippen molar-refractivity contribution in [2.24, 2.45) is 0 Å². The van der Waals surface area contributed by atoms with E-state index in [1.807, 2.05) is 82.3 Å². The molecule has 242 valence electrons. The lowest BCUT2D eigenvalue weighted by Gasteiger charge is -2.34. The Morgan fingerprint density at radius 1 is 0.848 bits per heavy atom. The average Bonchev–Trinajstić information content (AvgIpc) is 3.02. The number of carbonyl (C=O) groups is 2. The lowest BCUT2D eigenvalue weighted by Crippen LogP contribution is -2.54. The predicted molar refractivity (Wildman–Crippen MR) is 186 cm³/mol. The van der Waals surface area contributed by atoms with Gasteiger partial charge in [0, 0.05) is 29.1 Å². The van der Waals surface area contributed by atoms with Crippen molar-refractivity contribution in [2.45, 2.75) is 64.1 Å². The van der Waals surface area contributed by atoms with Crippen molar-refractivity contribution in [3.8, 4) is 0 Å². The number of nitrogens with one attached hydrogen (secondary N) is 1. The van der Waals surface area contributed by atoms with Crippen molar-refractivity contribution in [3.63, 3.8) is 0 Å². The van der Waals surface area contributed by atoms with Crippen LogP contribution in [0.15, 0.2) is 102 Å². The molecule has 0 saturated heterocycles. The molecule has 0 aromatic heterocycles. The molecular weight excluding hydrogens is 641 g/mol. The van der Waals surface area contributed by atoms with Crippen molar-refractivity contribution < 1.29 is 18.0 Å². The summed E-state index contributed by atoms with van der Waals surface area (Å²) in [7, 11) is -4.27. The minimum atomic E-state index is -4.27. The Labute approximate surface area is 282 Å². The highest BCUT2D eigenvalue weighted by Gasteiger charge is 2.35. The van der Waals surface area contributed by atoms with Crippen molar-refractivity contribution >= 4 is 50.7 Å². The Kier molecular flexibility index (Phi) is 11.9. The summed E-state index contributed by atoms with van der Waals surface area (Å²) in [4.78, 5) is 30.1. The van der Waals surface area contributed by atoms with Gasteiger partial charge in [-0.3, -0.25) is 13.9 Å². The molecule has 0 unspecified atom stereocenters. The second-order valence-corrected chi connectivity index (χ2v) is 14.2. The molecule has 0 radical (unpaired) electrons. The van der Waals surface area contributed by atoms with E-state index in [0.29, 0.717) is 6.42 Å². The molecule has 0 heterocycles. The zero-order valence-electron chi connectivity index (χ0n) is 26.4. The molecule has 0 aliphatic carbocycles. The standard InChI is InChI=1S/C36H39Cl2N3O4S/c1-5-27(4)39-36(43)34(19-28-12-7-6-8-13-28)40(23-29-14-10-9-11-26(29)3)35(42)24-41(32-21-30(37)20-31(38)22-32)46(44,45)33-17-15-25(2)16-18-33/h6-18,20-22,27,34H,5,19,23-24H2,1-4H3,(H,39,43)/t27-,34-/m0/s1. The smallest absolute Gasteiger partial charge is 0.264 e. The molecule has 0 spiro atoms. The molecule has 7 nitrogen and oxygen atoms in total. The van der Waals surface area contributed by atoms with Crippen LogP contribution in [0.5, 0.6) is 0 Å². The van der Waals surface area contributed by atoms with Crippen LogP contribution in [0.3, 0.4) is 0 Å². The van der Waals surface area contributed by atoms with Crippen molar-refractivity contribution in [3.05, 3.63) is 129 Å². The van der Waals surface area contributed by atoms with Gasteiger partial charge in [0.25, 0.3) is 10.0 Å². The summed E-state index contributed by atoms with van der Waals surface area (Å²) in [6, 6.07) is 26.8. The van der Waals surface area contributed by atoms with Crippen LogP contribution in [0.4, 0.5) is 5.69 Å². The van der Waals surface area contributed by atoms with Gasteiger partial charge >= 0.3 is 0 Å². The minimum absolute atomic E-state index is 0.00259. The van der Waals surface area contributed by atoms with Crippen LogP contribution in [-0.4, -0.2) is 43.8 Å². The SMILES string of the molecule is CC[C@H](C)NC(=O)[C@H](Cc1ccccc1)N(Cc1ccccc1C)C(=O)CN(c1cc(Cl)cc(Cl)c1)S(=O)(=O)c1ccc(C)cc1. The quantitative estimate of drug-likeness (QED) is 0.160. The Bertz CT molecular complexity index is 1750. The summed E-state index contributed by atoms with van der Waals surface area (Å²) in [5.74, 6) is -0.880. The number of amides is 2. The van der Waals surface area contributed by atoms with E-state index in [4.69, 9.17) is 23.2 Å². The van der Waals surface area contributed by atoms with Crippen LogP contribution in [0.1, 0.15) is 42.5 Å². The summed E-state index contributed by atoms with van der Waals surface area (Å²) in [6.07, 6.45) is 0.933. The first-order valence-corrected chi connectivity index (χ1v) is 17.3. The van der Waals surface area contributed by atoms with Gasteiger partial charge in [-0.2, -0.15) is 0 Å². The largest absolute Gasteiger partial charge is 0.352 e. The molecule has 0 fully saturated rings. The van der Waals surface area contributed by atoms with Gasteiger partial charge in [-0.05, 0) is 74.2 Å². The first-order chi connectivity index (χ1) is 21.9. The molecule has 4 aromatic carbocycles. The number of aryl methyl sites for hydroxylation is 2. The number of hydrogen-bond acceptors (Lipinski definition) is 4. The summed E-state index contributed by atoms with van der Waals surface area (Å²) in [5.41, 5.74) is 3.65. The van der Waals surface area contributed by atoms with E-state index in [-0.39, 0.29) is 45.5 Å². The van der Waals surface area contributed by atoms with E-state index in [2.05, 4.69) is 5.32 Å². The fraction of sp³-hybridized carbons (Fsp3) is 0.278. The highest BCUT2D eigenvalue weighted by molar-refractivity contribution is 7.92. The zero-order chi connectivity index (χ0) is 33.4. The normalized spacial score (nSPS) is 12.7. The number of halogens is 2. The molecule has 0 aliphatic rings. The Balaban J connectivity index is 1.84. The van der Waals surface area contributed by atoms with E-state index in [9.17, 15) is 18.0 Å². The third-order valence-electron chi connectivity index (χ3n) is 7.90. The number of carbonyl (C=O) groups excluding carboxylic acids is 2. The number of sulfonamides is 1. The molecule has 10 heteroatoms. The number of nitrogens with zero attached hydrogens (tertiary/aromatic N) is 2. The number of benzene rings is 4. The molecule has 0 saturated carbocycles. The molecule has 2 atom stereocenters. The van der Waals surface area contributed by atoms with Crippen LogP contribution in [0, 0.1) is 13.8 Å². The maximum atomic E-state index is 14.6. The molecular formula is C36H39Cl2N3O4S. The third-order valence-corrected chi connectivity index (χ3v) is 10.1. The van der Waals surface area contributed by atoms with Crippen LogP contribution in [0.25, 0.3) is 0 Å². The van der Waals surface area contributed by atoms with Crippen molar-refractivity contribution in [2.75, 3.05) is 10.8 Å².